The number of aromatic nitrogens is 4. The first-order valence-electron chi connectivity index (χ1n) is 13.7. The van der Waals surface area contributed by atoms with E-state index in [2.05, 4.69) is 27.3 Å². The van der Waals surface area contributed by atoms with Crippen molar-refractivity contribution in [2.45, 2.75) is 56.8 Å². The number of benzene rings is 1. The van der Waals surface area contributed by atoms with Crippen LogP contribution in [-0.2, 0) is 21.6 Å². The lowest BCUT2D eigenvalue weighted by molar-refractivity contribution is -0.135. The number of imidazole rings is 1. The van der Waals surface area contributed by atoms with Gasteiger partial charge in [-0.2, -0.15) is 5.10 Å². The first kappa shape index (κ1) is 27.3. The van der Waals surface area contributed by atoms with Gasteiger partial charge in [0.2, 0.25) is 5.91 Å². The lowest BCUT2D eigenvalue weighted by Crippen LogP contribution is -2.54. The number of hydrogen-bond donors (Lipinski definition) is 2. The highest BCUT2D eigenvalue weighted by atomic mass is 19.1. The van der Waals surface area contributed by atoms with Crippen LogP contribution in [0.4, 0.5) is 13.2 Å². The van der Waals surface area contributed by atoms with Crippen LogP contribution in [0.2, 0.25) is 0 Å². The van der Waals surface area contributed by atoms with Crippen molar-refractivity contribution >= 4 is 11.4 Å². The number of amides is 1. The zero-order valence-corrected chi connectivity index (χ0v) is 22.8. The monoisotopic (exact) mass is 564 g/mol. The topological polar surface area (TPSA) is 107 Å². The average Bonchev–Trinajstić information content (AvgIpc) is 3.31. The van der Waals surface area contributed by atoms with Crippen LogP contribution in [0.25, 0.3) is 16.8 Å². The van der Waals surface area contributed by atoms with Crippen molar-refractivity contribution < 1.29 is 22.7 Å². The molecule has 1 aliphatic carbocycles. The number of nitrogens with one attached hydrogen (secondary N) is 1. The number of fused-ring (bicyclic) bond motifs is 1. The fourth-order valence-electron chi connectivity index (χ4n) is 6.19. The summed E-state index contributed by atoms with van der Waals surface area (Å²) in [7, 11) is 0. The summed E-state index contributed by atoms with van der Waals surface area (Å²) in [6.07, 6.45) is 7.14. The predicted molar refractivity (Wildman–Crippen MR) is 146 cm³/mol. The maximum absolute atomic E-state index is 15.1. The first-order chi connectivity index (χ1) is 19.6. The molecule has 1 saturated carbocycles. The van der Waals surface area contributed by atoms with E-state index in [-0.39, 0.29) is 59.9 Å². The molecular weight excluding hydrogens is 533 g/mol. The Morgan fingerprint density at radius 1 is 1.17 bits per heavy atom. The van der Waals surface area contributed by atoms with E-state index < -0.39 is 17.3 Å². The fourth-order valence-corrected chi connectivity index (χ4v) is 6.19. The number of alkyl halides is 1. The van der Waals surface area contributed by atoms with Gasteiger partial charge < -0.3 is 15.8 Å². The van der Waals surface area contributed by atoms with Gasteiger partial charge in [-0.15, -0.1) is 0 Å². The standard InChI is InChI=1S/C30H31F3N6O2/c1-16-7-18(8-25(34)29(16)37-17(2)40)22-5-6-35-12-19(22)9-27-36-13-21-3-4-26(38-39(21)27)28-23(31)10-20(11-24(28)32)30(33)14-41-15-30/h3-6,10-13,16,18,25,29H,7-9,14-15,34H2,1-2H3,(H,37,40)/t16-,18+,25+,29-/m0/s1. The summed E-state index contributed by atoms with van der Waals surface area (Å²) in [5.74, 6) is -0.954. The molecule has 0 bridgehead atoms. The third-order valence-electron chi connectivity index (χ3n) is 8.32. The fraction of sp³-hybridized carbons (Fsp3) is 0.400. The highest BCUT2D eigenvalue weighted by molar-refractivity contribution is 5.73. The molecule has 11 heteroatoms. The van der Waals surface area contributed by atoms with Gasteiger partial charge in [0, 0.05) is 37.8 Å². The van der Waals surface area contributed by atoms with Crippen LogP contribution in [0.3, 0.4) is 0 Å². The van der Waals surface area contributed by atoms with Crippen molar-refractivity contribution in [3.8, 4) is 11.3 Å². The molecule has 2 fully saturated rings. The number of pyridine rings is 1. The van der Waals surface area contributed by atoms with E-state index in [4.69, 9.17) is 10.5 Å². The number of nitrogens with zero attached hydrogens (tertiary/aromatic N) is 4. The third-order valence-corrected chi connectivity index (χ3v) is 8.32. The lowest BCUT2D eigenvalue weighted by atomic mass is 9.72. The molecule has 214 valence electrons. The van der Waals surface area contributed by atoms with E-state index in [0.29, 0.717) is 24.2 Å². The molecule has 0 spiro atoms. The summed E-state index contributed by atoms with van der Waals surface area (Å²) in [6, 6.07) is 6.95. The predicted octanol–water partition coefficient (Wildman–Crippen LogP) is 4.20. The van der Waals surface area contributed by atoms with E-state index in [0.717, 1.165) is 29.7 Å². The molecule has 4 aromatic rings. The second-order valence-corrected chi connectivity index (χ2v) is 11.3. The van der Waals surface area contributed by atoms with Gasteiger partial charge in [-0.05, 0) is 71.7 Å². The molecule has 8 nitrogen and oxygen atoms in total. The Hall–Kier alpha value is -3.83. The molecule has 1 saturated heterocycles. The number of nitrogens with two attached hydrogens (primary N) is 1. The second-order valence-electron chi connectivity index (χ2n) is 11.3. The second kappa shape index (κ2) is 10.5. The van der Waals surface area contributed by atoms with Crippen LogP contribution in [0.15, 0.2) is 48.9 Å². The van der Waals surface area contributed by atoms with Crippen molar-refractivity contribution in [2.24, 2.45) is 11.7 Å². The van der Waals surface area contributed by atoms with Crippen LogP contribution >= 0.6 is 0 Å². The molecule has 6 rings (SSSR count). The van der Waals surface area contributed by atoms with E-state index in [1.165, 1.54) is 13.0 Å². The highest BCUT2D eigenvalue weighted by Crippen LogP contribution is 2.39. The van der Waals surface area contributed by atoms with Gasteiger partial charge >= 0.3 is 0 Å². The Balaban J connectivity index is 1.30. The molecule has 41 heavy (non-hydrogen) atoms. The van der Waals surface area contributed by atoms with Gasteiger partial charge in [0.05, 0.1) is 36.2 Å². The SMILES string of the molecule is CC(=O)N[C@@H]1[C@H](N)C[C@H](c2ccncc2Cc2ncc3ccc(-c4c(F)cc(C5(F)COC5)cc4F)nn23)C[C@@H]1C. The molecule has 4 atom stereocenters. The first-order valence-corrected chi connectivity index (χ1v) is 13.7. The number of halogens is 3. The van der Waals surface area contributed by atoms with Gasteiger partial charge in [0.25, 0.3) is 0 Å². The Bertz CT molecular complexity index is 1590. The Labute approximate surface area is 235 Å². The van der Waals surface area contributed by atoms with Crippen molar-refractivity contribution in [1.29, 1.82) is 0 Å². The van der Waals surface area contributed by atoms with Crippen LogP contribution < -0.4 is 11.1 Å². The molecule has 4 heterocycles. The maximum Gasteiger partial charge on any atom is 0.217 e. The van der Waals surface area contributed by atoms with Gasteiger partial charge in [-0.25, -0.2) is 22.7 Å². The molecule has 1 aliphatic heterocycles. The number of carbonyl (C=O) groups excluding carboxylic acids is 1. The van der Waals surface area contributed by atoms with Crippen molar-refractivity contribution in [3.05, 3.63) is 83.1 Å². The van der Waals surface area contributed by atoms with Crippen LogP contribution in [0, 0.1) is 17.6 Å². The molecular formula is C30H31F3N6O2. The molecule has 3 N–H and O–H groups in total. The van der Waals surface area contributed by atoms with Crippen molar-refractivity contribution in [3.63, 3.8) is 0 Å². The normalized spacial score (nSPS) is 23.8. The summed E-state index contributed by atoms with van der Waals surface area (Å²) < 4.78 is 51.4. The Kier molecular flexibility index (Phi) is 7.03. The summed E-state index contributed by atoms with van der Waals surface area (Å²) in [5, 5.41) is 7.52. The van der Waals surface area contributed by atoms with E-state index in [1.54, 1.807) is 29.2 Å². The lowest BCUT2D eigenvalue weighted by Gasteiger charge is -2.39. The largest absolute Gasteiger partial charge is 0.374 e. The van der Waals surface area contributed by atoms with Crippen LogP contribution in [0.5, 0.6) is 0 Å². The highest BCUT2D eigenvalue weighted by Gasteiger charge is 2.42. The minimum Gasteiger partial charge on any atom is -0.374 e. The summed E-state index contributed by atoms with van der Waals surface area (Å²) >= 11 is 0. The molecule has 1 amide bonds. The number of rotatable bonds is 6. The van der Waals surface area contributed by atoms with Crippen LogP contribution in [-0.4, -0.2) is 50.8 Å². The Morgan fingerprint density at radius 2 is 1.93 bits per heavy atom. The zero-order valence-electron chi connectivity index (χ0n) is 22.8. The van der Waals surface area contributed by atoms with E-state index in [1.807, 2.05) is 6.07 Å². The maximum atomic E-state index is 15.1. The number of carbonyl (C=O) groups is 1. The molecule has 0 radical (unpaired) electrons. The Morgan fingerprint density at radius 3 is 2.59 bits per heavy atom. The van der Waals surface area contributed by atoms with E-state index in [9.17, 15) is 9.18 Å². The number of ether oxygens (including phenoxy) is 1. The smallest absolute Gasteiger partial charge is 0.217 e. The minimum absolute atomic E-state index is 0.0681. The quantitative estimate of drug-likeness (QED) is 0.364. The summed E-state index contributed by atoms with van der Waals surface area (Å²) in [5.41, 5.74) is 6.97. The van der Waals surface area contributed by atoms with Gasteiger partial charge in [-0.1, -0.05) is 6.92 Å². The van der Waals surface area contributed by atoms with Gasteiger partial charge in [-0.3, -0.25) is 9.78 Å². The van der Waals surface area contributed by atoms with E-state index >= 15 is 8.78 Å². The molecule has 1 aromatic carbocycles. The zero-order chi connectivity index (χ0) is 28.9. The van der Waals surface area contributed by atoms with Crippen molar-refractivity contribution in [1.82, 2.24) is 24.9 Å². The molecule has 3 aromatic heterocycles. The summed E-state index contributed by atoms with van der Waals surface area (Å²) in [4.78, 5) is 20.5. The third kappa shape index (κ3) is 5.08. The average molecular weight is 565 g/mol. The van der Waals surface area contributed by atoms with Gasteiger partial charge in [0.15, 0.2) is 5.67 Å². The molecule has 2 aliphatic rings. The van der Waals surface area contributed by atoms with Crippen LogP contribution in [0.1, 0.15) is 55.1 Å². The molecule has 0 unspecified atom stereocenters. The minimum atomic E-state index is -1.89. The number of hydrogen-bond acceptors (Lipinski definition) is 6. The van der Waals surface area contributed by atoms with Crippen molar-refractivity contribution in [2.75, 3.05) is 13.2 Å². The van der Waals surface area contributed by atoms with Gasteiger partial charge in [0.1, 0.15) is 17.5 Å². The summed E-state index contributed by atoms with van der Waals surface area (Å²) in [6.45, 7) is 3.14.